The van der Waals surface area contributed by atoms with Gasteiger partial charge >= 0.3 is 5.97 Å². The maximum absolute atomic E-state index is 15.5. The predicted octanol–water partition coefficient (Wildman–Crippen LogP) is 0.801. The van der Waals surface area contributed by atoms with Gasteiger partial charge in [-0.25, -0.2) is 9.18 Å². The van der Waals surface area contributed by atoms with Gasteiger partial charge in [-0.2, -0.15) is 0 Å². The Labute approximate surface area is 171 Å². The molecule has 0 bridgehead atoms. The van der Waals surface area contributed by atoms with Crippen molar-refractivity contribution in [3.63, 3.8) is 0 Å². The minimum absolute atomic E-state index is 0.0354. The summed E-state index contributed by atoms with van der Waals surface area (Å²) >= 11 is 0. The molecular formula is C20H24FN3O6. The molecule has 2 fully saturated rings. The molecule has 2 atom stereocenters. The number of methoxy groups -OCH3 is 1. The number of aromatic nitrogens is 1. The van der Waals surface area contributed by atoms with Gasteiger partial charge in [0.2, 0.25) is 5.43 Å². The summed E-state index contributed by atoms with van der Waals surface area (Å²) in [6, 6.07) is -0.0354. The van der Waals surface area contributed by atoms with Gasteiger partial charge in [0.1, 0.15) is 11.3 Å². The number of pyridine rings is 1. The van der Waals surface area contributed by atoms with Crippen molar-refractivity contribution in [1.82, 2.24) is 4.57 Å². The molecule has 1 aromatic carbocycles. The third-order valence-corrected chi connectivity index (χ3v) is 6.12. The lowest BCUT2D eigenvalue weighted by Crippen LogP contribution is -2.26. The van der Waals surface area contributed by atoms with Gasteiger partial charge in [0, 0.05) is 50.4 Å². The van der Waals surface area contributed by atoms with E-state index < -0.39 is 28.5 Å². The number of nitrogens with two attached hydrogens (primary N) is 1. The molecule has 0 spiro atoms. The fourth-order valence-corrected chi connectivity index (χ4v) is 4.37. The number of aliphatic hydroxyl groups is 2. The lowest BCUT2D eigenvalue weighted by Gasteiger charge is -2.26. The van der Waals surface area contributed by atoms with E-state index in [2.05, 4.69) is 0 Å². The highest BCUT2D eigenvalue weighted by atomic mass is 19.1. The number of halogens is 1. The molecule has 30 heavy (non-hydrogen) atoms. The second kappa shape index (κ2) is 7.44. The Kier molecular flexibility index (Phi) is 5.07. The zero-order valence-corrected chi connectivity index (χ0v) is 16.5. The number of anilines is 2. The first-order valence-electron chi connectivity index (χ1n) is 9.77. The van der Waals surface area contributed by atoms with E-state index in [1.165, 1.54) is 13.3 Å². The van der Waals surface area contributed by atoms with Crippen molar-refractivity contribution < 1.29 is 29.2 Å². The zero-order valence-electron chi connectivity index (χ0n) is 16.5. The number of ether oxygens (including phenoxy) is 1. The molecule has 1 saturated heterocycles. The Morgan fingerprint density at radius 1 is 1.27 bits per heavy atom. The summed E-state index contributed by atoms with van der Waals surface area (Å²) < 4.78 is 22.7. The molecule has 1 aliphatic heterocycles. The molecule has 0 unspecified atom stereocenters. The minimum Gasteiger partial charge on any atom is -0.492 e. The van der Waals surface area contributed by atoms with Crippen LogP contribution in [0.25, 0.3) is 10.9 Å². The molecule has 10 heteroatoms. The van der Waals surface area contributed by atoms with Crippen LogP contribution < -0.4 is 20.8 Å². The van der Waals surface area contributed by atoms with E-state index in [0.717, 1.165) is 12.8 Å². The fourth-order valence-electron chi connectivity index (χ4n) is 4.37. The van der Waals surface area contributed by atoms with Crippen LogP contribution in [0, 0.1) is 17.7 Å². The highest BCUT2D eigenvalue weighted by Crippen LogP contribution is 2.47. The van der Waals surface area contributed by atoms with Crippen LogP contribution in [-0.4, -0.2) is 59.3 Å². The van der Waals surface area contributed by atoms with Crippen molar-refractivity contribution in [3.8, 4) is 5.75 Å². The van der Waals surface area contributed by atoms with Gasteiger partial charge < -0.3 is 35.3 Å². The maximum atomic E-state index is 15.5. The summed E-state index contributed by atoms with van der Waals surface area (Å²) in [6.07, 6.45) is 2.84. The van der Waals surface area contributed by atoms with Crippen molar-refractivity contribution >= 4 is 28.2 Å². The van der Waals surface area contributed by atoms with Crippen LogP contribution in [0.15, 0.2) is 11.0 Å². The average Bonchev–Trinajstić information content (AvgIpc) is 3.48. The zero-order chi connectivity index (χ0) is 21.7. The normalized spacial score (nSPS) is 21.4. The number of carboxylic acids is 1. The van der Waals surface area contributed by atoms with Gasteiger partial charge in [-0.05, 0) is 12.8 Å². The Morgan fingerprint density at radius 3 is 2.33 bits per heavy atom. The van der Waals surface area contributed by atoms with Crippen LogP contribution in [0.3, 0.4) is 0 Å². The van der Waals surface area contributed by atoms with Crippen molar-refractivity contribution in [1.29, 1.82) is 0 Å². The number of carbonyl (C=O) groups is 1. The third kappa shape index (κ3) is 2.98. The smallest absolute Gasteiger partial charge is 0.341 e. The number of rotatable bonds is 6. The Hall–Kier alpha value is -2.85. The topological polar surface area (TPSA) is 138 Å². The number of fused-ring (bicyclic) bond motifs is 1. The van der Waals surface area contributed by atoms with Gasteiger partial charge in [-0.15, -0.1) is 0 Å². The van der Waals surface area contributed by atoms with Gasteiger partial charge in [-0.3, -0.25) is 4.79 Å². The summed E-state index contributed by atoms with van der Waals surface area (Å²) in [5.41, 5.74) is 4.58. The first kappa shape index (κ1) is 20.4. The lowest BCUT2D eigenvalue weighted by molar-refractivity contribution is 0.0695. The number of nitrogen functional groups attached to an aromatic ring is 1. The van der Waals surface area contributed by atoms with Crippen LogP contribution in [0.2, 0.25) is 0 Å². The molecule has 0 amide bonds. The van der Waals surface area contributed by atoms with Crippen molar-refractivity contribution in [2.24, 2.45) is 11.8 Å². The molecule has 1 aromatic heterocycles. The monoisotopic (exact) mass is 421 g/mol. The predicted molar refractivity (Wildman–Crippen MR) is 108 cm³/mol. The average molecular weight is 421 g/mol. The molecule has 2 aromatic rings. The summed E-state index contributed by atoms with van der Waals surface area (Å²) in [5.74, 6) is -2.70. The number of benzene rings is 1. The molecular weight excluding hydrogens is 397 g/mol. The van der Waals surface area contributed by atoms with E-state index in [0.29, 0.717) is 0 Å². The fraction of sp³-hybridized carbons (Fsp3) is 0.500. The van der Waals surface area contributed by atoms with Crippen molar-refractivity contribution in [3.05, 3.63) is 27.8 Å². The molecule has 162 valence electrons. The number of aromatic carboxylic acids is 1. The molecule has 2 heterocycles. The van der Waals surface area contributed by atoms with E-state index in [1.54, 1.807) is 9.47 Å². The third-order valence-electron chi connectivity index (χ3n) is 6.12. The highest BCUT2D eigenvalue weighted by Gasteiger charge is 2.38. The Balaban J connectivity index is 2.04. The SMILES string of the molecule is COc1c(N2C[C@@H](CO)[C@@H](CO)C2)c(F)c(N)c2c(=O)c(C(=O)O)cn(C3CC3)c12. The summed E-state index contributed by atoms with van der Waals surface area (Å²) in [6.45, 7) is 0.231. The molecule has 2 aliphatic rings. The number of hydrogen-bond donors (Lipinski definition) is 4. The summed E-state index contributed by atoms with van der Waals surface area (Å²) in [4.78, 5) is 26.1. The van der Waals surface area contributed by atoms with Crippen LogP contribution in [0.4, 0.5) is 15.8 Å². The minimum atomic E-state index is -1.41. The second-order valence-electron chi connectivity index (χ2n) is 7.94. The molecule has 4 rings (SSSR count). The first-order chi connectivity index (χ1) is 14.3. The van der Waals surface area contributed by atoms with Crippen LogP contribution >= 0.6 is 0 Å². The van der Waals surface area contributed by atoms with Crippen molar-refractivity contribution in [2.75, 3.05) is 44.0 Å². The van der Waals surface area contributed by atoms with Crippen LogP contribution in [-0.2, 0) is 0 Å². The quantitative estimate of drug-likeness (QED) is 0.503. The van der Waals surface area contributed by atoms with E-state index in [4.69, 9.17) is 10.5 Å². The summed E-state index contributed by atoms with van der Waals surface area (Å²) in [7, 11) is 1.35. The van der Waals surface area contributed by atoms with Crippen LogP contribution in [0.1, 0.15) is 29.2 Å². The number of nitrogens with zero attached hydrogens (tertiary/aromatic N) is 2. The molecule has 1 aliphatic carbocycles. The van der Waals surface area contributed by atoms with E-state index >= 15 is 4.39 Å². The lowest BCUT2D eigenvalue weighted by atomic mass is 9.98. The standard InChI is InChI=1S/C20H24FN3O6/c1-30-19-16-13(18(27)12(20(28)29)6-24(16)11-2-3-11)15(22)14(21)17(19)23-4-9(7-25)10(5-23)8-26/h6,9-11,25-26H,2-5,7-8,22H2,1H3,(H,28,29)/t9-,10+. The summed E-state index contributed by atoms with van der Waals surface area (Å²) in [5, 5.41) is 28.5. The highest BCUT2D eigenvalue weighted by molar-refractivity contribution is 6.03. The van der Waals surface area contributed by atoms with E-state index in [-0.39, 0.29) is 66.5 Å². The molecule has 1 saturated carbocycles. The second-order valence-corrected chi connectivity index (χ2v) is 7.94. The van der Waals surface area contributed by atoms with Crippen LogP contribution in [0.5, 0.6) is 5.75 Å². The molecule has 9 nitrogen and oxygen atoms in total. The van der Waals surface area contributed by atoms with Gasteiger partial charge in [0.05, 0.1) is 23.7 Å². The molecule has 5 N–H and O–H groups in total. The number of aliphatic hydroxyl groups excluding tert-OH is 2. The van der Waals surface area contributed by atoms with E-state index in [9.17, 15) is 24.9 Å². The number of hydrogen-bond acceptors (Lipinski definition) is 7. The van der Waals surface area contributed by atoms with E-state index in [1.807, 2.05) is 0 Å². The van der Waals surface area contributed by atoms with Gasteiger partial charge in [0.25, 0.3) is 0 Å². The Morgan fingerprint density at radius 2 is 1.87 bits per heavy atom. The number of carboxylic acid groups (broad SMARTS) is 1. The largest absolute Gasteiger partial charge is 0.492 e. The van der Waals surface area contributed by atoms with Gasteiger partial charge in [-0.1, -0.05) is 0 Å². The maximum Gasteiger partial charge on any atom is 0.341 e. The molecule has 0 radical (unpaired) electrons. The first-order valence-corrected chi connectivity index (χ1v) is 9.77. The van der Waals surface area contributed by atoms with Gasteiger partial charge in [0.15, 0.2) is 11.6 Å². The Bertz CT molecular complexity index is 1070. The van der Waals surface area contributed by atoms with Crippen molar-refractivity contribution in [2.45, 2.75) is 18.9 Å².